The molecule has 2 unspecified atom stereocenters. The Bertz CT molecular complexity index is 867. The van der Waals surface area contributed by atoms with Crippen molar-refractivity contribution in [1.29, 1.82) is 0 Å². The minimum Gasteiger partial charge on any atom is -0.460 e. The predicted octanol–water partition coefficient (Wildman–Crippen LogP) is 5.41. The van der Waals surface area contributed by atoms with Crippen LogP contribution in [0.25, 0.3) is 0 Å². The molecule has 0 fully saturated rings. The monoisotopic (exact) mass is 393 g/mol. The van der Waals surface area contributed by atoms with Gasteiger partial charge in [0.15, 0.2) is 0 Å². The molecule has 3 rings (SSSR count). The van der Waals surface area contributed by atoms with Gasteiger partial charge in [-0.25, -0.2) is 0 Å². The number of ether oxygens (including phenoxy) is 1. The summed E-state index contributed by atoms with van der Waals surface area (Å²) >= 11 is 0. The molecule has 2 aromatic carbocycles. The number of nitrogens with one attached hydrogen (secondary N) is 1. The number of hydrogen-bond donors (Lipinski definition) is 1. The Hall–Kier alpha value is -2.62. The largest absolute Gasteiger partial charge is 0.460 e. The van der Waals surface area contributed by atoms with Crippen molar-refractivity contribution in [3.8, 4) is 0 Å². The van der Waals surface area contributed by atoms with Crippen molar-refractivity contribution < 1.29 is 14.3 Å². The van der Waals surface area contributed by atoms with Crippen molar-refractivity contribution in [2.24, 2.45) is 11.8 Å². The van der Waals surface area contributed by atoms with Gasteiger partial charge in [-0.15, -0.1) is 0 Å². The molecule has 2 atom stereocenters. The number of para-hydroxylation sites is 1. The lowest BCUT2D eigenvalue weighted by Gasteiger charge is -2.24. The molecule has 0 saturated carbocycles. The summed E-state index contributed by atoms with van der Waals surface area (Å²) in [6, 6.07) is 15.5. The van der Waals surface area contributed by atoms with Crippen LogP contribution in [0.1, 0.15) is 62.0 Å². The van der Waals surface area contributed by atoms with E-state index in [1.165, 1.54) is 5.56 Å². The molecular formula is C25H31NO3. The molecule has 154 valence electrons. The molecule has 0 aliphatic heterocycles. The molecule has 0 spiro atoms. The van der Waals surface area contributed by atoms with Crippen LogP contribution in [0.4, 0.5) is 5.69 Å². The number of carbonyl (C=O) groups is 2. The minimum absolute atomic E-state index is 0.0775. The molecule has 4 heteroatoms. The molecule has 2 aromatic rings. The second-order valence-electron chi connectivity index (χ2n) is 9.03. The van der Waals surface area contributed by atoms with E-state index in [-0.39, 0.29) is 17.8 Å². The second kappa shape index (κ2) is 8.81. The number of fused-ring (bicyclic) bond motifs is 1. The maximum atomic E-state index is 12.9. The Kier molecular flexibility index (Phi) is 6.41. The highest BCUT2D eigenvalue weighted by molar-refractivity contribution is 6.05. The number of carbonyl (C=O) groups excluding carboxylic acids is 2. The topological polar surface area (TPSA) is 55.4 Å². The van der Waals surface area contributed by atoms with E-state index in [1.807, 2.05) is 63.2 Å². The summed E-state index contributed by atoms with van der Waals surface area (Å²) in [5, 5.41) is 3.00. The van der Waals surface area contributed by atoms with E-state index in [0.717, 1.165) is 36.1 Å². The maximum Gasteiger partial charge on any atom is 0.306 e. The van der Waals surface area contributed by atoms with E-state index < -0.39 is 5.60 Å². The third-order valence-electron chi connectivity index (χ3n) is 5.51. The summed E-state index contributed by atoms with van der Waals surface area (Å²) in [5.41, 5.74) is 3.39. The van der Waals surface area contributed by atoms with Gasteiger partial charge < -0.3 is 10.1 Å². The number of hydrogen-bond acceptors (Lipinski definition) is 3. The number of rotatable bonds is 4. The normalized spacial score (nSPS) is 19.0. The fraction of sp³-hybridized carbons (Fsp3) is 0.440. The van der Waals surface area contributed by atoms with Gasteiger partial charge in [-0.1, -0.05) is 37.3 Å². The van der Waals surface area contributed by atoms with E-state index in [0.29, 0.717) is 12.3 Å². The van der Waals surface area contributed by atoms with E-state index in [2.05, 4.69) is 18.3 Å². The zero-order valence-corrected chi connectivity index (χ0v) is 17.8. The van der Waals surface area contributed by atoms with Gasteiger partial charge in [0.05, 0.1) is 0 Å². The molecule has 1 aliphatic carbocycles. The number of amides is 1. The molecule has 0 aromatic heterocycles. The zero-order chi connectivity index (χ0) is 21.0. The highest BCUT2D eigenvalue weighted by Crippen LogP contribution is 2.33. The van der Waals surface area contributed by atoms with Gasteiger partial charge in [-0.2, -0.15) is 0 Å². The lowest BCUT2D eigenvalue weighted by molar-refractivity contribution is -0.156. The Morgan fingerprint density at radius 3 is 2.48 bits per heavy atom. The van der Waals surface area contributed by atoms with Crippen molar-refractivity contribution in [2.45, 2.75) is 59.0 Å². The van der Waals surface area contributed by atoms with Gasteiger partial charge in [0.1, 0.15) is 5.60 Å². The summed E-state index contributed by atoms with van der Waals surface area (Å²) in [6.07, 6.45) is 2.97. The summed E-state index contributed by atoms with van der Waals surface area (Å²) in [7, 11) is 0. The lowest BCUT2D eigenvalue weighted by atomic mass is 9.86. The Morgan fingerprint density at radius 2 is 1.79 bits per heavy atom. The fourth-order valence-corrected chi connectivity index (χ4v) is 4.08. The summed E-state index contributed by atoms with van der Waals surface area (Å²) in [6.45, 7) is 7.89. The van der Waals surface area contributed by atoms with Crippen LogP contribution < -0.4 is 5.32 Å². The summed E-state index contributed by atoms with van der Waals surface area (Å²) in [5.74, 6) is 0.395. The zero-order valence-electron chi connectivity index (χ0n) is 17.8. The first-order chi connectivity index (χ1) is 13.7. The molecule has 1 N–H and O–H groups in total. The van der Waals surface area contributed by atoms with Gasteiger partial charge in [0, 0.05) is 17.7 Å². The van der Waals surface area contributed by atoms with Crippen LogP contribution in [0.3, 0.4) is 0 Å². The Morgan fingerprint density at radius 1 is 1.07 bits per heavy atom. The van der Waals surface area contributed by atoms with Crippen LogP contribution in [-0.2, 0) is 22.4 Å². The van der Waals surface area contributed by atoms with Gasteiger partial charge in [0.25, 0.3) is 5.91 Å². The van der Waals surface area contributed by atoms with Crippen molar-refractivity contribution in [1.82, 2.24) is 0 Å². The quantitative estimate of drug-likeness (QED) is 0.558. The first-order valence-electron chi connectivity index (χ1n) is 10.4. The van der Waals surface area contributed by atoms with Crippen LogP contribution >= 0.6 is 0 Å². The SMILES string of the molecule is CC1Cc2cccc(C(=O)Nc3ccccc3)c2CCC1CC(=O)OC(C)(C)C. The second-order valence-corrected chi connectivity index (χ2v) is 9.03. The van der Waals surface area contributed by atoms with Crippen LogP contribution in [0, 0.1) is 11.8 Å². The highest BCUT2D eigenvalue weighted by Gasteiger charge is 2.29. The smallest absolute Gasteiger partial charge is 0.306 e. The molecule has 0 heterocycles. The van der Waals surface area contributed by atoms with Crippen molar-refractivity contribution in [2.75, 3.05) is 5.32 Å². The van der Waals surface area contributed by atoms with Gasteiger partial charge in [0.2, 0.25) is 0 Å². The first kappa shape index (κ1) is 21.1. The van der Waals surface area contributed by atoms with Crippen molar-refractivity contribution >= 4 is 17.6 Å². The van der Waals surface area contributed by atoms with Gasteiger partial charge in [-0.3, -0.25) is 9.59 Å². The van der Waals surface area contributed by atoms with Gasteiger partial charge in [-0.05, 0) is 81.2 Å². The summed E-state index contributed by atoms with van der Waals surface area (Å²) in [4.78, 5) is 25.3. The average Bonchev–Trinajstić information content (AvgIpc) is 2.79. The molecule has 1 aliphatic rings. The van der Waals surface area contributed by atoms with Gasteiger partial charge >= 0.3 is 5.97 Å². The lowest BCUT2D eigenvalue weighted by Crippen LogP contribution is -2.27. The minimum atomic E-state index is -0.462. The third-order valence-corrected chi connectivity index (χ3v) is 5.51. The molecule has 29 heavy (non-hydrogen) atoms. The Labute approximate surface area is 173 Å². The highest BCUT2D eigenvalue weighted by atomic mass is 16.6. The van der Waals surface area contributed by atoms with Crippen LogP contribution in [0.15, 0.2) is 48.5 Å². The van der Waals surface area contributed by atoms with Crippen LogP contribution in [-0.4, -0.2) is 17.5 Å². The van der Waals surface area contributed by atoms with Crippen LogP contribution in [0.5, 0.6) is 0 Å². The molecule has 4 nitrogen and oxygen atoms in total. The maximum absolute atomic E-state index is 12.9. The van der Waals surface area contributed by atoms with Crippen molar-refractivity contribution in [3.05, 3.63) is 65.2 Å². The number of esters is 1. The average molecular weight is 394 g/mol. The third kappa shape index (κ3) is 5.69. The van der Waals surface area contributed by atoms with Crippen LogP contribution in [0.2, 0.25) is 0 Å². The predicted molar refractivity (Wildman–Crippen MR) is 116 cm³/mol. The molecular weight excluding hydrogens is 362 g/mol. The molecule has 0 bridgehead atoms. The molecule has 0 radical (unpaired) electrons. The number of anilines is 1. The molecule has 1 amide bonds. The van der Waals surface area contributed by atoms with E-state index in [4.69, 9.17) is 4.74 Å². The van der Waals surface area contributed by atoms with E-state index >= 15 is 0 Å². The fourth-order valence-electron chi connectivity index (χ4n) is 4.08. The van der Waals surface area contributed by atoms with E-state index in [9.17, 15) is 9.59 Å². The Balaban J connectivity index is 1.75. The first-order valence-corrected chi connectivity index (χ1v) is 10.4. The standard InChI is InChI=1S/C25H31NO3/c1-17-15-19-9-8-12-22(24(28)26-20-10-6-5-7-11-20)21(19)14-13-18(17)16-23(27)29-25(2,3)4/h5-12,17-18H,13-16H2,1-4H3,(H,26,28). The van der Waals surface area contributed by atoms with Crippen molar-refractivity contribution in [3.63, 3.8) is 0 Å². The summed E-state index contributed by atoms with van der Waals surface area (Å²) < 4.78 is 5.53. The molecule has 0 saturated heterocycles. The van der Waals surface area contributed by atoms with E-state index in [1.54, 1.807) is 0 Å². The number of benzene rings is 2.